The summed E-state index contributed by atoms with van der Waals surface area (Å²) in [5, 5.41) is 3.40. The number of hydrogen-bond acceptors (Lipinski definition) is 4. The van der Waals surface area contributed by atoms with Crippen molar-refractivity contribution in [3.05, 3.63) is 57.7 Å². The quantitative estimate of drug-likeness (QED) is 0.478. The summed E-state index contributed by atoms with van der Waals surface area (Å²) in [7, 11) is 0. The van der Waals surface area contributed by atoms with Crippen LogP contribution in [0, 0.1) is 17.2 Å². The summed E-state index contributed by atoms with van der Waals surface area (Å²) in [5.41, 5.74) is 2.41. The fourth-order valence-electron chi connectivity index (χ4n) is 3.73. The number of anilines is 1. The number of esters is 1. The molecule has 0 aliphatic heterocycles. The predicted octanol–water partition coefficient (Wildman–Crippen LogP) is 5.87. The summed E-state index contributed by atoms with van der Waals surface area (Å²) in [5.74, 6) is -0.521. The number of nitrogens with one attached hydrogen (secondary N) is 1. The van der Waals surface area contributed by atoms with Gasteiger partial charge in [0.1, 0.15) is 10.8 Å². The molecule has 1 unspecified atom stereocenters. The number of fused-ring (bicyclic) bond motifs is 1. The summed E-state index contributed by atoms with van der Waals surface area (Å²) < 4.78 is 18.3. The van der Waals surface area contributed by atoms with Crippen LogP contribution in [0.5, 0.6) is 0 Å². The van der Waals surface area contributed by atoms with Crippen molar-refractivity contribution in [2.24, 2.45) is 11.3 Å². The second kappa shape index (κ2) is 9.13. The van der Waals surface area contributed by atoms with E-state index in [1.54, 1.807) is 25.1 Å². The van der Waals surface area contributed by atoms with Crippen LogP contribution in [0.25, 0.3) is 6.08 Å². The Morgan fingerprint density at radius 1 is 1.27 bits per heavy atom. The van der Waals surface area contributed by atoms with E-state index in [0.717, 1.165) is 35.3 Å². The van der Waals surface area contributed by atoms with E-state index in [1.807, 2.05) is 0 Å². The molecule has 0 fully saturated rings. The Morgan fingerprint density at radius 2 is 1.97 bits per heavy atom. The van der Waals surface area contributed by atoms with Crippen molar-refractivity contribution < 1.29 is 18.7 Å². The highest BCUT2D eigenvalue weighted by Gasteiger charge is 2.34. The number of amides is 1. The molecular weight excluding hydrogens is 401 g/mol. The lowest BCUT2D eigenvalue weighted by Gasteiger charge is -2.33. The molecule has 1 N–H and O–H groups in total. The van der Waals surface area contributed by atoms with Gasteiger partial charge in [-0.1, -0.05) is 32.9 Å². The Kier molecular flexibility index (Phi) is 6.76. The summed E-state index contributed by atoms with van der Waals surface area (Å²) in [6.45, 7) is 8.78. The van der Waals surface area contributed by atoms with Crippen molar-refractivity contribution in [1.29, 1.82) is 0 Å². The zero-order valence-corrected chi connectivity index (χ0v) is 18.7. The fourth-order valence-corrected chi connectivity index (χ4v) is 5.05. The molecule has 160 valence electrons. The first-order chi connectivity index (χ1) is 14.2. The number of ether oxygens (including phenoxy) is 1. The number of hydrogen-bond donors (Lipinski definition) is 1. The average Bonchev–Trinajstić information content (AvgIpc) is 3.04. The second-order valence-corrected chi connectivity index (χ2v) is 9.71. The normalized spacial score (nSPS) is 16.4. The van der Waals surface area contributed by atoms with Crippen LogP contribution < -0.4 is 5.32 Å². The molecule has 1 aliphatic rings. The minimum absolute atomic E-state index is 0.188. The molecule has 0 saturated carbocycles. The molecule has 1 heterocycles. The molecule has 2 aromatic rings. The van der Waals surface area contributed by atoms with Crippen molar-refractivity contribution >= 4 is 34.3 Å². The molecule has 1 atom stereocenters. The lowest BCUT2D eigenvalue weighted by atomic mass is 9.72. The SMILES string of the molecule is CCOC(=O)c1c(NC(=O)C=Cc2ccc(F)cc2)sc2c1CCC(C(C)(C)C)C2. The van der Waals surface area contributed by atoms with E-state index >= 15 is 0 Å². The lowest BCUT2D eigenvalue weighted by molar-refractivity contribution is -0.111. The van der Waals surface area contributed by atoms with E-state index in [2.05, 4.69) is 26.1 Å². The van der Waals surface area contributed by atoms with Gasteiger partial charge in [0.25, 0.3) is 0 Å². The highest BCUT2D eigenvalue weighted by atomic mass is 32.1. The minimum Gasteiger partial charge on any atom is -0.462 e. The van der Waals surface area contributed by atoms with Gasteiger partial charge in [0, 0.05) is 11.0 Å². The standard InChI is InChI=1S/C24H28FNO3S/c1-5-29-23(28)21-18-12-9-16(24(2,3)4)14-19(18)30-22(21)26-20(27)13-8-15-6-10-17(25)11-7-15/h6-8,10-11,13,16H,5,9,12,14H2,1-4H3,(H,26,27). The average molecular weight is 430 g/mol. The number of halogens is 1. The summed E-state index contributed by atoms with van der Waals surface area (Å²) in [6, 6.07) is 5.88. The van der Waals surface area contributed by atoms with Crippen molar-refractivity contribution in [3.63, 3.8) is 0 Å². The molecule has 30 heavy (non-hydrogen) atoms. The maximum Gasteiger partial charge on any atom is 0.341 e. The fraction of sp³-hybridized carbons (Fsp3) is 0.417. The number of thiophene rings is 1. The largest absolute Gasteiger partial charge is 0.462 e. The van der Waals surface area contributed by atoms with Gasteiger partial charge < -0.3 is 10.1 Å². The first-order valence-electron chi connectivity index (χ1n) is 10.2. The number of carbonyl (C=O) groups is 2. The Bertz CT molecular complexity index is 954. The van der Waals surface area contributed by atoms with Gasteiger partial charge in [-0.3, -0.25) is 4.79 Å². The molecule has 1 aromatic carbocycles. The van der Waals surface area contributed by atoms with E-state index in [-0.39, 0.29) is 29.7 Å². The molecule has 0 saturated heterocycles. The molecule has 6 heteroatoms. The van der Waals surface area contributed by atoms with Gasteiger partial charge >= 0.3 is 5.97 Å². The topological polar surface area (TPSA) is 55.4 Å². The van der Waals surface area contributed by atoms with Crippen molar-refractivity contribution in [2.45, 2.75) is 47.0 Å². The zero-order chi connectivity index (χ0) is 21.9. The van der Waals surface area contributed by atoms with Crippen LogP contribution in [0.15, 0.2) is 30.3 Å². The van der Waals surface area contributed by atoms with Crippen molar-refractivity contribution in [1.82, 2.24) is 0 Å². The molecule has 3 rings (SSSR count). The molecule has 1 amide bonds. The van der Waals surface area contributed by atoms with Crippen LogP contribution in [0.2, 0.25) is 0 Å². The first-order valence-corrected chi connectivity index (χ1v) is 11.1. The first kappa shape index (κ1) is 22.2. The maximum absolute atomic E-state index is 13.0. The molecule has 0 bridgehead atoms. The van der Waals surface area contributed by atoms with Gasteiger partial charge in [-0.2, -0.15) is 0 Å². The number of benzene rings is 1. The monoisotopic (exact) mass is 429 g/mol. The molecule has 0 radical (unpaired) electrons. The molecular formula is C24H28FNO3S. The second-order valence-electron chi connectivity index (χ2n) is 8.61. The third kappa shape index (κ3) is 5.17. The highest BCUT2D eigenvalue weighted by molar-refractivity contribution is 7.17. The summed E-state index contributed by atoms with van der Waals surface area (Å²) >= 11 is 1.47. The van der Waals surface area contributed by atoms with Gasteiger partial charge in [0.05, 0.1) is 12.2 Å². The van der Waals surface area contributed by atoms with E-state index in [0.29, 0.717) is 16.5 Å². The zero-order valence-electron chi connectivity index (χ0n) is 17.9. The number of carbonyl (C=O) groups excluding carboxylic acids is 2. The minimum atomic E-state index is -0.387. The van der Waals surface area contributed by atoms with Crippen LogP contribution in [0.3, 0.4) is 0 Å². The van der Waals surface area contributed by atoms with E-state index in [1.165, 1.54) is 29.5 Å². The van der Waals surface area contributed by atoms with Crippen LogP contribution in [0.1, 0.15) is 60.5 Å². The molecule has 0 spiro atoms. The van der Waals surface area contributed by atoms with Crippen molar-refractivity contribution in [3.8, 4) is 0 Å². The predicted molar refractivity (Wildman–Crippen MR) is 119 cm³/mol. The highest BCUT2D eigenvalue weighted by Crippen LogP contribution is 2.44. The van der Waals surface area contributed by atoms with E-state index < -0.39 is 0 Å². The maximum atomic E-state index is 13.0. The van der Waals surface area contributed by atoms with Gasteiger partial charge in [0.15, 0.2) is 0 Å². The Labute approximate surface area is 181 Å². The molecule has 4 nitrogen and oxygen atoms in total. The summed E-state index contributed by atoms with van der Waals surface area (Å²) in [4.78, 5) is 26.3. The van der Waals surface area contributed by atoms with Crippen LogP contribution >= 0.6 is 11.3 Å². The van der Waals surface area contributed by atoms with Gasteiger partial charge in [-0.05, 0) is 66.9 Å². The lowest BCUT2D eigenvalue weighted by Crippen LogP contribution is -2.26. The Hall–Kier alpha value is -2.47. The smallest absolute Gasteiger partial charge is 0.341 e. The van der Waals surface area contributed by atoms with E-state index in [4.69, 9.17) is 4.74 Å². The van der Waals surface area contributed by atoms with Crippen LogP contribution in [0.4, 0.5) is 9.39 Å². The third-order valence-corrected chi connectivity index (χ3v) is 6.67. The Morgan fingerprint density at radius 3 is 2.60 bits per heavy atom. The van der Waals surface area contributed by atoms with Gasteiger partial charge in [-0.25, -0.2) is 9.18 Å². The summed E-state index contributed by atoms with van der Waals surface area (Å²) in [6.07, 6.45) is 5.72. The third-order valence-electron chi connectivity index (χ3n) is 5.50. The van der Waals surface area contributed by atoms with Gasteiger partial charge in [0.2, 0.25) is 5.91 Å². The van der Waals surface area contributed by atoms with Crippen LogP contribution in [-0.4, -0.2) is 18.5 Å². The van der Waals surface area contributed by atoms with Gasteiger partial charge in [-0.15, -0.1) is 11.3 Å². The Balaban J connectivity index is 1.84. The molecule has 1 aromatic heterocycles. The molecule has 1 aliphatic carbocycles. The number of rotatable bonds is 5. The van der Waals surface area contributed by atoms with Crippen molar-refractivity contribution in [2.75, 3.05) is 11.9 Å². The van der Waals surface area contributed by atoms with Crippen LogP contribution in [-0.2, 0) is 22.4 Å². The van der Waals surface area contributed by atoms with E-state index in [9.17, 15) is 14.0 Å².